The molecule has 0 aromatic carbocycles. The lowest BCUT2D eigenvalue weighted by molar-refractivity contribution is 0.0476. The van der Waals surface area contributed by atoms with Gasteiger partial charge < -0.3 is 9.84 Å². The monoisotopic (exact) mass is 185 g/mol. The van der Waals surface area contributed by atoms with E-state index in [1.807, 2.05) is 0 Å². The molecule has 2 fully saturated rings. The highest BCUT2D eigenvalue weighted by atomic mass is 16.5. The Kier molecular flexibility index (Phi) is 2.58. The van der Waals surface area contributed by atoms with Gasteiger partial charge in [0.2, 0.25) is 0 Å². The number of hydrogen-bond acceptors (Lipinski definition) is 3. The van der Waals surface area contributed by atoms with Gasteiger partial charge in [0.05, 0.1) is 13.2 Å². The topological polar surface area (TPSA) is 32.7 Å². The van der Waals surface area contributed by atoms with E-state index in [2.05, 4.69) is 4.90 Å². The number of aliphatic hydroxyl groups is 1. The Bertz CT molecular complexity index is 186. The van der Waals surface area contributed by atoms with Gasteiger partial charge in [0, 0.05) is 18.7 Å². The molecule has 0 aromatic heterocycles. The van der Waals surface area contributed by atoms with Gasteiger partial charge in [-0.1, -0.05) is 0 Å². The fourth-order valence-electron chi connectivity index (χ4n) is 3.00. The summed E-state index contributed by atoms with van der Waals surface area (Å²) in [5.74, 6) is 0. The zero-order valence-electron chi connectivity index (χ0n) is 8.33. The molecule has 2 rings (SSSR count). The summed E-state index contributed by atoms with van der Waals surface area (Å²) in [6.45, 7) is 2.30. The molecule has 3 nitrogen and oxygen atoms in total. The quantitative estimate of drug-likeness (QED) is 0.699. The summed E-state index contributed by atoms with van der Waals surface area (Å²) in [4.78, 5) is 2.47. The molecule has 0 aliphatic carbocycles. The summed E-state index contributed by atoms with van der Waals surface area (Å²) >= 11 is 0. The Morgan fingerprint density at radius 1 is 1.54 bits per heavy atom. The van der Waals surface area contributed by atoms with E-state index in [1.54, 1.807) is 7.11 Å². The van der Waals surface area contributed by atoms with Gasteiger partial charge in [0.25, 0.3) is 0 Å². The zero-order valence-corrected chi connectivity index (χ0v) is 8.33. The van der Waals surface area contributed by atoms with Crippen LogP contribution < -0.4 is 0 Å². The van der Waals surface area contributed by atoms with Crippen molar-refractivity contribution in [3.8, 4) is 0 Å². The third-order valence-electron chi connectivity index (χ3n) is 3.69. The average Bonchev–Trinajstić information content (AvgIpc) is 2.67. The van der Waals surface area contributed by atoms with Crippen LogP contribution in [0, 0.1) is 0 Å². The smallest absolute Gasteiger partial charge is 0.0618 e. The minimum absolute atomic E-state index is 0.128. The Morgan fingerprint density at radius 3 is 3.08 bits per heavy atom. The number of nitrogens with zero attached hydrogens (tertiary/aromatic N) is 1. The summed E-state index contributed by atoms with van der Waals surface area (Å²) in [6, 6.07) is 0.555. The molecule has 0 aromatic rings. The maximum absolute atomic E-state index is 9.43. The lowest BCUT2D eigenvalue weighted by atomic mass is 9.95. The van der Waals surface area contributed by atoms with Crippen molar-refractivity contribution in [2.75, 3.05) is 26.9 Å². The highest BCUT2D eigenvalue weighted by Gasteiger charge is 2.48. The van der Waals surface area contributed by atoms with Crippen molar-refractivity contribution in [2.45, 2.75) is 37.3 Å². The second-order valence-electron chi connectivity index (χ2n) is 4.33. The molecule has 2 aliphatic heterocycles. The normalized spacial score (nSPS) is 39.7. The molecule has 2 atom stereocenters. The Labute approximate surface area is 79.7 Å². The predicted molar refractivity (Wildman–Crippen MR) is 50.7 cm³/mol. The first-order valence-electron chi connectivity index (χ1n) is 5.19. The molecule has 3 heteroatoms. The fourth-order valence-corrected chi connectivity index (χ4v) is 3.00. The molecule has 0 bridgehead atoms. The first kappa shape index (κ1) is 9.44. The van der Waals surface area contributed by atoms with E-state index in [9.17, 15) is 5.11 Å². The van der Waals surface area contributed by atoms with E-state index >= 15 is 0 Å². The minimum atomic E-state index is 0.128. The molecule has 0 saturated carbocycles. The summed E-state index contributed by atoms with van der Waals surface area (Å²) < 4.78 is 5.20. The van der Waals surface area contributed by atoms with Crippen molar-refractivity contribution < 1.29 is 9.84 Å². The van der Waals surface area contributed by atoms with Crippen LogP contribution in [0.15, 0.2) is 0 Å². The number of aliphatic hydroxyl groups excluding tert-OH is 1. The van der Waals surface area contributed by atoms with Gasteiger partial charge in [0.15, 0.2) is 0 Å². The molecular weight excluding hydrogens is 166 g/mol. The number of fused-ring (bicyclic) bond motifs is 1. The van der Waals surface area contributed by atoms with Crippen molar-refractivity contribution in [2.24, 2.45) is 0 Å². The SMILES string of the molecule is COC[C@@H]1CC[C@@]2(CO)CCCN12. The van der Waals surface area contributed by atoms with Crippen LogP contribution in [0.1, 0.15) is 25.7 Å². The first-order chi connectivity index (χ1) is 6.32. The van der Waals surface area contributed by atoms with Gasteiger partial charge in [-0.05, 0) is 32.2 Å². The molecule has 0 amide bonds. The molecule has 0 radical (unpaired) electrons. The first-order valence-corrected chi connectivity index (χ1v) is 5.19. The van der Waals surface area contributed by atoms with Crippen molar-refractivity contribution in [1.29, 1.82) is 0 Å². The minimum Gasteiger partial charge on any atom is -0.394 e. The van der Waals surface area contributed by atoms with Crippen LogP contribution in [0.25, 0.3) is 0 Å². The van der Waals surface area contributed by atoms with Gasteiger partial charge >= 0.3 is 0 Å². The predicted octanol–water partition coefficient (Wildman–Crippen LogP) is 0.622. The molecule has 2 saturated heterocycles. The van der Waals surface area contributed by atoms with E-state index in [0.717, 1.165) is 19.6 Å². The molecule has 0 unspecified atom stereocenters. The second kappa shape index (κ2) is 3.56. The lowest BCUT2D eigenvalue weighted by Crippen LogP contribution is -2.46. The Hall–Kier alpha value is -0.120. The Balaban J connectivity index is 2.06. The van der Waals surface area contributed by atoms with Gasteiger partial charge in [-0.25, -0.2) is 0 Å². The van der Waals surface area contributed by atoms with E-state index in [-0.39, 0.29) is 5.54 Å². The molecule has 2 aliphatic rings. The molecule has 76 valence electrons. The maximum atomic E-state index is 9.43. The third kappa shape index (κ3) is 1.39. The standard InChI is InChI=1S/C10H19NO2/c1-13-7-9-3-5-10(8-12)4-2-6-11(9)10/h9,12H,2-8H2,1H3/t9-,10+/m0/s1. The average molecular weight is 185 g/mol. The van der Waals surface area contributed by atoms with Gasteiger partial charge in [-0.3, -0.25) is 4.90 Å². The Morgan fingerprint density at radius 2 is 2.38 bits per heavy atom. The van der Waals surface area contributed by atoms with Crippen molar-refractivity contribution in [3.63, 3.8) is 0 Å². The highest BCUT2D eigenvalue weighted by Crippen LogP contribution is 2.41. The summed E-state index contributed by atoms with van der Waals surface area (Å²) in [7, 11) is 1.76. The lowest BCUT2D eigenvalue weighted by Gasteiger charge is -2.33. The van der Waals surface area contributed by atoms with Crippen LogP contribution in [0.2, 0.25) is 0 Å². The summed E-state index contributed by atoms with van der Waals surface area (Å²) in [5, 5.41) is 9.43. The molecular formula is C10H19NO2. The van der Waals surface area contributed by atoms with Crippen LogP contribution in [-0.2, 0) is 4.74 Å². The second-order valence-corrected chi connectivity index (χ2v) is 4.33. The third-order valence-corrected chi connectivity index (χ3v) is 3.69. The maximum Gasteiger partial charge on any atom is 0.0618 e. The van der Waals surface area contributed by atoms with E-state index in [0.29, 0.717) is 12.6 Å². The number of methoxy groups -OCH3 is 1. The summed E-state index contributed by atoms with van der Waals surface area (Å²) in [5.41, 5.74) is 0.128. The van der Waals surface area contributed by atoms with Crippen LogP contribution >= 0.6 is 0 Å². The van der Waals surface area contributed by atoms with Gasteiger partial charge in [-0.2, -0.15) is 0 Å². The largest absolute Gasteiger partial charge is 0.394 e. The summed E-state index contributed by atoms with van der Waals surface area (Å²) in [6.07, 6.45) is 4.75. The number of hydrogen-bond donors (Lipinski definition) is 1. The van der Waals surface area contributed by atoms with Gasteiger partial charge in [-0.15, -0.1) is 0 Å². The van der Waals surface area contributed by atoms with Gasteiger partial charge in [0.1, 0.15) is 0 Å². The fraction of sp³-hybridized carbons (Fsp3) is 1.00. The van der Waals surface area contributed by atoms with Crippen LogP contribution in [0.3, 0.4) is 0 Å². The molecule has 2 heterocycles. The van der Waals surface area contributed by atoms with E-state index < -0.39 is 0 Å². The van der Waals surface area contributed by atoms with Crippen molar-refractivity contribution in [1.82, 2.24) is 4.90 Å². The number of rotatable bonds is 3. The molecule has 0 spiro atoms. The molecule has 1 N–H and O–H groups in total. The highest BCUT2D eigenvalue weighted by molar-refractivity contribution is 5.03. The molecule has 13 heavy (non-hydrogen) atoms. The van der Waals surface area contributed by atoms with Crippen LogP contribution in [0.4, 0.5) is 0 Å². The van der Waals surface area contributed by atoms with Crippen LogP contribution in [0.5, 0.6) is 0 Å². The van der Waals surface area contributed by atoms with Crippen molar-refractivity contribution in [3.05, 3.63) is 0 Å². The van der Waals surface area contributed by atoms with Crippen molar-refractivity contribution >= 4 is 0 Å². The number of ether oxygens (including phenoxy) is 1. The van der Waals surface area contributed by atoms with E-state index in [4.69, 9.17) is 4.74 Å². The zero-order chi connectivity index (χ0) is 9.31. The van der Waals surface area contributed by atoms with Crippen LogP contribution in [-0.4, -0.2) is 48.5 Å². The van der Waals surface area contributed by atoms with E-state index in [1.165, 1.54) is 19.3 Å².